The lowest BCUT2D eigenvalue weighted by Gasteiger charge is -2.14. The highest BCUT2D eigenvalue weighted by Gasteiger charge is 2.20. The molecule has 8 heteroatoms. The van der Waals surface area contributed by atoms with Gasteiger partial charge < -0.3 is 4.57 Å². The number of pyridine rings is 1. The van der Waals surface area contributed by atoms with E-state index in [1.54, 1.807) is 62.6 Å². The van der Waals surface area contributed by atoms with Crippen LogP contribution in [0.5, 0.6) is 0 Å². The van der Waals surface area contributed by atoms with Gasteiger partial charge in [-0.15, -0.1) is 0 Å². The average Bonchev–Trinajstić information content (AvgIpc) is 2.71. The molecule has 0 bridgehead atoms. The molecule has 0 amide bonds. The monoisotopic (exact) mass is 463 g/mol. The van der Waals surface area contributed by atoms with Crippen LogP contribution in [0.3, 0.4) is 0 Å². The SMILES string of the molecule is CCS(=O)(=O)Cc1ccc(C(=O)c2cccc(Cl)c2Cl)c(-c2ccc(=O)n(C)c2)c1. The summed E-state index contributed by atoms with van der Waals surface area (Å²) in [6.45, 7) is 1.59. The van der Waals surface area contributed by atoms with Crippen molar-refractivity contribution in [1.82, 2.24) is 4.57 Å². The van der Waals surface area contributed by atoms with Crippen LogP contribution in [0.4, 0.5) is 0 Å². The van der Waals surface area contributed by atoms with Gasteiger partial charge in [0.25, 0.3) is 0 Å². The Balaban J connectivity index is 2.21. The minimum atomic E-state index is -3.26. The second-order valence-electron chi connectivity index (χ2n) is 6.85. The molecule has 0 spiro atoms. The smallest absolute Gasteiger partial charge is 0.250 e. The van der Waals surface area contributed by atoms with Crippen LogP contribution in [0, 0.1) is 0 Å². The van der Waals surface area contributed by atoms with Crippen LogP contribution in [-0.2, 0) is 22.6 Å². The van der Waals surface area contributed by atoms with E-state index in [2.05, 4.69) is 0 Å². The maximum Gasteiger partial charge on any atom is 0.250 e. The van der Waals surface area contributed by atoms with Crippen molar-refractivity contribution < 1.29 is 13.2 Å². The molecule has 1 aromatic heterocycles. The van der Waals surface area contributed by atoms with Gasteiger partial charge in [-0.2, -0.15) is 0 Å². The van der Waals surface area contributed by atoms with Crippen LogP contribution in [0.1, 0.15) is 28.4 Å². The van der Waals surface area contributed by atoms with E-state index in [4.69, 9.17) is 23.2 Å². The number of benzene rings is 2. The van der Waals surface area contributed by atoms with Gasteiger partial charge >= 0.3 is 0 Å². The summed E-state index contributed by atoms with van der Waals surface area (Å²) in [5.74, 6) is -0.480. The normalized spacial score (nSPS) is 11.5. The molecule has 30 heavy (non-hydrogen) atoms. The number of aromatic nitrogens is 1. The molecule has 0 atom stereocenters. The largest absolute Gasteiger partial charge is 0.318 e. The van der Waals surface area contributed by atoms with E-state index in [9.17, 15) is 18.0 Å². The van der Waals surface area contributed by atoms with Gasteiger partial charge in [0.2, 0.25) is 5.56 Å². The second kappa shape index (κ2) is 8.76. The molecule has 2 aromatic carbocycles. The first-order valence-electron chi connectivity index (χ1n) is 9.12. The molecule has 0 aliphatic carbocycles. The summed E-state index contributed by atoms with van der Waals surface area (Å²) in [5, 5.41) is 0.407. The predicted octanol–water partition coefficient (Wildman–Crippen LogP) is 4.52. The van der Waals surface area contributed by atoms with Crippen LogP contribution in [0.15, 0.2) is 59.5 Å². The van der Waals surface area contributed by atoms with Crippen molar-refractivity contribution in [3.05, 3.63) is 91.8 Å². The summed E-state index contributed by atoms with van der Waals surface area (Å²) in [6, 6.07) is 12.7. The molecule has 0 saturated heterocycles. The van der Waals surface area contributed by atoms with E-state index in [1.807, 2.05) is 0 Å². The molecule has 5 nitrogen and oxygen atoms in total. The zero-order valence-corrected chi connectivity index (χ0v) is 18.7. The Kier molecular flexibility index (Phi) is 6.50. The Morgan fingerprint density at radius 3 is 2.43 bits per heavy atom. The molecule has 0 N–H and O–H groups in total. The van der Waals surface area contributed by atoms with Gasteiger partial charge in [-0.25, -0.2) is 8.42 Å². The summed E-state index contributed by atoms with van der Waals surface area (Å²) in [6.07, 6.45) is 1.60. The van der Waals surface area contributed by atoms with E-state index in [0.29, 0.717) is 22.3 Å². The predicted molar refractivity (Wildman–Crippen MR) is 120 cm³/mol. The van der Waals surface area contributed by atoms with Crippen molar-refractivity contribution >= 4 is 38.8 Å². The van der Waals surface area contributed by atoms with Crippen molar-refractivity contribution in [2.24, 2.45) is 7.05 Å². The molecule has 0 radical (unpaired) electrons. The minimum Gasteiger partial charge on any atom is -0.318 e. The standard InChI is InChI=1S/C22H19Cl2NO4S/c1-3-30(28,29)13-14-7-9-16(22(27)17-5-4-6-19(23)21(17)24)18(11-14)15-8-10-20(26)25(2)12-15/h4-12H,3,13H2,1-2H3. The van der Waals surface area contributed by atoms with Gasteiger partial charge in [0.15, 0.2) is 15.6 Å². The summed E-state index contributed by atoms with van der Waals surface area (Å²) in [4.78, 5) is 25.1. The lowest BCUT2D eigenvalue weighted by atomic mass is 9.93. The molecule has 1 heterocycles. The quantitative estimate of drug-likeness (QED) is 0.503. The summed E-state index contributed by atoms with van der Waals surface area (Å²) >= 11 is 12.3. The van der Waals surface area contributed by atoms with Gasteiger partial charge in [0.05, 0.1) is 15.8 Å². The fourth-order valence-corrected chi connectivity index (χ4v) is 4.33. The van der Waals surface area contributed by atoms with Gasteiger partial charge in [0.1, 0.15) is 0 Å². The Labute approximate surface area is 184 Å². The number of sulfone groups is 1. The molecule has 0 aliphatic heterocycles. The zero-order valence-electron chi connectivity index (χ0n) is 16.4. The highest BCUT2D eigenvalue weighted by Crippen LogP contribution is 2.32. The fraction of sp³-hybridized carbons (Fsp3) is 0.182. The van der Waals surface area contributed by atoms with Gasteiger partial charge in [-0.3, -0.25) is 9.59 Å². The molecule has 3 rings (SSSR count). The second-order valence-corrected chi connectivity index (χ2v) is 9.99. The number of hydrogen-bond acceptors (Lipinski definition) is 4. The summed E-state index contributed by atoms with van der Waals surface area (Å²) in [5.41, 5.74) is 2.04. The molecule has 0 aliphatic rings. The number of nitrogens with zero attached hydrogens (tertiary/aromatic N) is 1. The lowest BCUT2D eigenvalue weighted by Crippen LogP contribution is -2.15. The zero-order chi connectivity index (χ0) is 22.1. The first-order valence-corrected chi connectivity index (χ1v) is 11.7. The third-order valence-electron chi connectivity index (χ3n) is 4.75. The summed E-state index contributed by atoms with van der Waals surface area (Å²) in [7, 11) is -1.66. The molecular weight excluding hydrogens is 445 g/mol. The fourth-order valence-electron chi connectivity index (χ4n) is 3.05. The average molecular weight is 464 g/mol. The number of rotatable bonds is 6. The number of hydrogen-bond donors (Lipinski definition) is 0. The highest BCUT2D eigenvalue weighted by atomic mass is 35.5. The van der Waals surface area contributed by atoms with Gasteiger partial charge in [0, 0.05) is 36.2 Å². The maximum absolute atomic E-state index is 13.3. The van der Waals surface area contributed by atoms with Gasteiger partial charge in [-0.05, 0) is 41.0 Å². The van der Waals surface area contributed by atoms with Gasteiger partial charge in [-0.1, -0.05) is 48.3 Å². The van der Waals surface area contributed by atoms with Crippen LogP contribution < -0.4 is 5.56 Å². The molecule has 156 valence electrons. The molecule has 3 aromatic rings. The minimum absolute atomic E-state index is 0.0149. The van der Waals surface area contributed by atoms with E-state index < -0.39 is 9.84 Å². The number of carbonyl (C=O) groups is 1. The van der Waals surface area contributed by atoms with Crippen molar-refractivity contribution in [2.75, 3.05) is 5.75 Å². The van der Waals surface area contributed by atoms with Crippen molar-refractivity contribution in [1.29, 1.82) is 0 Å². The summed E-state index contributed by atoms with van der Waals surface area (Å²) < 4.78 is 25.6. The van der Waals surface area contributed by atoms with Crippen LogP contribution in [-0.4, -0.2) is 24.5 Å². The van der Waals surface area contributed by atoms with Crippen molar-refractivity contribution in [3.63, 3.8) is 0 Å². The third kappa shape index (κ3) is 4.67. The Hall–Kier alpha value is -2.41. The van der Waals surface area contributed by atoms with Crippen LogP contribution in [0.25, 0.3) is 11.1 Å². The van der Waals surface area contributed by atoms with Crippen molar-refractivity contribution in [3.8, 4) is 11.1 Å². The Morgan fingerprint density at radius 2 is 1.77 bits per heavy atom. The Bertz CT molecular complexity index is 1300. The molecule has 0 fully saturated rings. The van der Waals surface area contributed by atoms with E-state index in [-0.39, 0.29) is 38.5 Å². The van der Waals surface area contributed by atoms with E-state index in [0.717, 1.165) is 0 Å². The van der Waals surface area contributed by atoms with E-state index in [1.165, 1.54) is 10.6 Å². The number of halogens is 2. The molecule has 0 saturated carbocycles. The van der Waals surface area contributed by atoms with E-state index >= 15 is 0 Å². The topological polar surface area (TPSA) is 73.2 Å². The van der Waals surface area contributed by atoms with Crippen LogP contribution in [0.2, 0.25) is 10.0 Å². The maximum atomic E-state index is 13.3. The number of aryl methyl sites for hydroxylation is 1. The highest BCUT2D eigenvalue weighted by molar-refractivity contribution is 7.90. The number of ketones is 1. The first-order chi connectivity index (χ1) is 14.1. The molecule has 0 unspecified atom stereocenters. The van der Waals surface area contributed by atoms with Crippen molar-refractivity contribution in [2.45, 2.75) is 12.7 Å². The lowest BCUT2D eigenvalue weighted by molar-refractivity contribution is 0.103. The number of carbonyl (C=O) groups excluding carboxylic acids is 1. The third-order valence-corrected chi connectivity index (χ3v) is 7.22. The first kappa shape index (κ1) is 22.3. The van der Waals surface area contributed by atoms with Crippen LogP contribution >= 0.6 is 23.2 Å². The molecular formula is C22H19Cl2NO4S. The Morgan fingerprint density at radius 1 is 1.03 bits per heavy atom.